The maximum absolute atomic E-state index is 10.9. The van der Waals surface area contributed by atoms with Crippen LogP contribution in [0.4, 0.5) is 0 Å². The van der Waals surface area contributed by atoms with Crippen molar-refractivity contribution in [3.8, 4) is 0 Å². The van der Waals surface area contributed by atoms with E-state index < -0.39 is 5.97 Å². The van der Waals surface area contributed by atoms with Crippen LogP contribution in [0.2, 0.25) is 0 Å². The monoisotopic (exact) mass is 222 g/mol. The van der Waals surface area contributed by atoms with Gasteiger partial charge in [-0.1, -0.05) is 27.7 Å². The zero-order chi connectivity index (χ0) is 12.3. The van der Waals surface area contributed by atoms with E-state index in [1.54, 1.807) is 0 Å². The summed E-state index contributed by atoms with van der Waals surface area (Å²) < 4.78 is 0. The minimum Gasteiger partial charge on any atom is -0.478 e. The number of nitrogens with zero attached hydrogens (tertiary/aromatic N) is 2. The van der Waals surface area contributed by atoms with Gasteiger partial charge in [0.2, 0.25) is 0 Å². The lowest BCUT2D eigenvalue weighted by Crippen LogP contribution is -2.15. The molecule has 1 aromatic heterocycles. The Morgan fingerprint density at radius 1 is 1.44 bits per heavy atom. The molecule has 0 radical (unpaired) electrons. The zero-order valence-corrected chi connectivity index (χ0v) is 10.2. The lowest BCUT2D eigenvalue weighted by atomic mass is 9.92. The van der Waals surface area contributed by atoms with Crippen molar-refractivity contribution in [1.29, 1.82) is 0 Å². The molecule has 0 aliphatic carbocycles. The van der Waals surface area contributed by atoms with Gasteiger partial charge in [-0.15, -0.1) is 0 Å². The predicted octanol–water partition coefficient (Wildman–Crippen LogP) is 2.33. The van der Waals surface area contributed by atoms with Crippen LogP contribution >= 0.6 is 0 Å². The summed E-state index contributed by atoms with van der Waals surface area (Å²) in [6, 6.07) is 0. The van der Waals surface area contributed by atoms with E-state index in [-0.39, 0.29) is 11.0 Å². The summed E-state index contributed by atoms with van der Waals surface area (Å²) in [6.45, 7) is 8.21. The number of carboxylic acids is 1. The summed E-state index contributed by atoms with van der Waals surface area (Å²) in [4.78, 5) is 19.3. The van der Waals surface area contributed by atoms with Gasteiger partial charge in [-0.3, -0.25) is 0 Å². The fraction of sp³-hybridized carbons (Fsp3) is 0.583. The molecule has 0 aliphatic rings. The molecule has 1 aromatic rings. The summed E-state index contributed by atoms with van der Waals surface area (Å²) in [5.74, 6) is -0.242. The molecule has 0 aliphatic heterocycles. The average Bonchev–Trinajstić information content (AvgIpc) is 2.14. The quantitative estimate of drug-likeness (QED) is 0.852. The maximum Gasteiger partial charge on any atom is 0.339 e. The molecule has 4 heteroatoms. The van der Waals surface area contributed by atoms with Gasteiger partial charge in [0.05, 0.1) is 11.3 Å². The van der Waals surface area contributed by atoms with Crippen LogP contribution in [0.25, 0.3) is 0 Å². The first kappa shape index (κ1) is 12.6. The SMILES string of the molecule is CCc1nc(CC(C)(C)C)ncc1C(=O)O. The molecular weight excluding hydrogens is 204 g/mol. The summed E-state index contributed by atoms with van der Waals surface area (Å²) >= 11 is 0. The Bertz CT molecular complexity index is 394. The zero-order valence-electron chi connectivity index (χ0n) is 10.2. The molecule has 0 bridgehead atoms. The second kappa shape index (κ2) is 4.60. The van der Waals surface area contributed by atoms with Crippen molar-refractivity contribution in [3.63, 3.8) is 0 Å². The molecule has 0 saturated heterocycles. The molecule has 0 unspecified atom stereocenters. The van der Waals surface area contributed by atoms with Gasteiger partial charge in [-0.25, -0.2) is 14.8 Å². The Hall–Kier alpha value is -1.45. The van der Waals surface area contributed by atoms with Crippen molar-refractivity contribution in [3.05, 3.63) is 23.3 Å². The van der Waals surface area contributed by atoms with E-state index in [0.29, 0.717) is 17.9 Å². The number of rotatable bonds is 3. The first-order chi connectivity index (χ1) is 7.33. The fourth-order valence-corrected chi connectivity index (χ4v) is 1.47. The molecule has 1 N–H and O–H groups in total. The van der Waals surface area contributed by atoms with Gasteiger partial charge >= 0.3 is 5.97 Å². The first-order valence-electron chi connectivity index (χ1n) is 5.41. The van der Waals surface area contributed by atoms with Crippen LogP contribution in [0, 0.1) is 5.41 Å². The Morgan fingerprint density at radius 3 is 2.50 bits per heavy atom. The normalized spacial score (nSPS) is 11.5. The van der Waals surface area contributed by atoms with Gasteiger partial charge in [0.25, 0.3) is 0 Å². The molecule has 16 heavy (non-hydrogen) atoms. The highest BCUT2D eigenvalue weighted by atomic mass is 16.4. The van der Waals surface area contributed by atoms with Gasteiger partial charge in [-0.05, 0) is 11.8 Å². The van der Waals surface area contributed by atoms with Crippen molar-refractivity contribution in [2.24, 2.45) is 5.41 Å². The molecule has 0 amide bonds. The van der Waals surface area contributed by atoms with Crippen LogP contribution in [-0.4, -0.2) is 21.0 Å². The highest BCUT2D eigenvalue weighted by Gasteiger charge is 2.16. The topological polar surface area (TPSA) is 63.1 Å². The van der Waals surface area contributed by atoms with E-state index in [4.69, 9.17) is 5.11 Å². The second-order valence-corrected chi connectivity index (χ2v) is 5.04. The molecule has 0 fully saturated rings. The van der Waals surface area contributed by atoms with Crippen LogP contribution < -0.4 is 0 Å². The van der Waals surface area contributed by atoms with E-state index in [9.17, 15) is 4.79 Å². The molecule has 0 spiro atoms. The molecule has 0 aromatic carbocycles. The average molecular weight is 222 g/mol. The minimum atomic E-state index is -0.959. The largest absolute Gasteiger partial charge is 0.478 e. The van der Waals surface area contributed by atoms with Gasteiger partial charge in [0.15, 0.2) is 0 Å². The third kappa shape index (κ3) is 3.29. The third-order valence-electron chi connectivity index (χ3n) is 2.17. The highest BCUT2D eigenvalue weighted by Crippen LogP contribution is 2.19. The number of hydrogen-bond acceptors (Lipinski definition) is 3. The predicted molar refractivity (Wildman–Crippen MR) is 61.5 cm³/mol. The van der Waals surface area contributed by atoms with E-state index in [1.165, 1.54) is 6.20 Å². The minimum absolute atomic E-state index is 0.107. The van der Waals surface area contributed by atoms with E-state index >= 15 is 0 Å². The smallest absolute Gasteiger partial charge is 0.339 e. The first-order valence-corrected chi connectivity index (χ1v) is 5.41. The number of hydrogen-bond donors (Lipinski definition) is 1. The molecule has 88 valence electrons. The van der Waals surface area contributed by atoms with Crippen molar-refractivity contribution < 1.29 is 9.90 Å². The summed E-state index contributed by atoms with van der Waals surface area (Å²) in [7, 11) is 0. The fourth-order valence-electron chi connectivity index (χ4n) is 1.47. The highest BCUT2D eigenvalue weighted by molar-refractivity contribution is 5.88. The Labute approximate surface area is 95.7 Å². The van der Waals surface area contributed by atoms with Crippen LogP contribution in [-0.2, 0) is 12.8 Å². The lowest BCUT2D eigenvalue weighted by molar-refractivity contribution is 0.0694. The lowest BCUT2D eigenvalue weighted by Gasteiger charge is -2.17. The summed E-state index contributed by atoms with van der Waals surface area (Å²) in [5.41, 5.74) is 0.928. The molecular formula is C12H18N2O2. The Morgan fingerprint density at radius 2 is 2.06 bits per heavy atom. The maximum atomic E-state index is 10.9. The summed E-state index contributed by atoms with van der Waals surface area (Å²) in [5, 5.41) is 8.94. The molecule has 1 heterocycles. The van der Waals surface area contributed by atoms with E-state index in [0.717, 1.165) is 6.42 Å². The number of aryl methyl sites for hydroxylation is 1. The van der Waals surface area contributed by atoms with Gasteiger partial charge in [0.1, 0.15) is 5.82 Å². The van der Waals surface area contributed by atoms with Gasteiger partial charge < -0.3 is 5.11 Å². The second-order valence-electron chi connectivity index (χ2n) is 5.04. The van der Waals surface area contributed by atoms with Crippen molar-refractivity contribution in [1.82, 2.24) is 9.97 Å². The van der Waals surface area contributed by atoms with Crippen LogP contribution in [0.3, 0.4) is 0 Å². The van der Waals surface area contributed by atoms with Crippen molar-refractivity contribution >= 4 is 5.97 Å². The van der Waals surface area contributed by atoms with Crippen LogP contribution in [0.5, 0.6) is 0 Å². The number of aromatic carboxylic acids is 1. The van der Waals surface area contributed by atoms with Crippen LogP contribution in [0.1, 0.15) is 49.6 Å². The Kier molecular flexibility index (Phi) is 3.62. The van der Waals surface area contributed by atoms with Crippen molar-refractivity contribution in [2.75, 3.05) is 0 Å². The number of aromatic nitrogens is 2. The number of carbonyl (C=O) groups is 1. The van der Waals surface area contributed by atoms with Gasteiger partial charge in [-0.2, -0.15) is 0 Å². The Balaban J connectivity index is 3.05. The molecule has 1 rings (SSSR count). The van der Waals surface area contributed by atoms with Crippen LogP contribution in [0.15, 0.2) is 6.20 Å². The van der Waals surface area contributed by atoms with E-state index in [1.807, 2.05) is 6.92 Å². The summed E-state index contributed by atoms with van der Waals surface area (Å²) in [6.07, 6.45) is 2.77. The molecule has 4 nitrogen and oxygen atoms in total. The third-order valence-corrected chi connectivity index (χ3v) is 2.17. The van der Waals surface area contributed by atoms with Gasteiger partial charge in [0, 0.05) is 12.6 Å². The van der Waals surface area contributed by atoms with E-state index in [2.05, 4.69) is 30.7 Å². The standard InChI is InChI=1S/C12H18N2O2/c1-5-9-8(11(15)16)7-13-10(14-9)6-12(2,3)4/h7H,5-6H2,1-4H3,(H,15,16). The van der Waals surface area contributed by atoms with Crippen molar-refractivity contribution in [2.45, 2.75) is 40.5 Å². The molecule has 0 saturated carbocycles. The number of carboxylic acid groups (broad SMARTS) is 1. The molecule has 0 atom stereocenters.